The van der Waals surface area contributed by atoms with Crippen molar-refractivity contribution in [3.8, 4) is 5.75 Å². The molecule has 1 saturated carbocycles. The zero-order valence-electron chi connectivity index (χ0n) is 15.3. The van der Waals surface area contributed by atoms with Crippen molar-refractivity contribution in [1.29, 1.82) is 0 Å². The first kappa shape index (κ1) is 20.3. The molecule has 1 aromatic rings. The van der Waals surface area contributed by atoms with Gasteiger partial charge in [0.2, 0.25) is 0 Å². The summed E-state index contributed by atoms with van der Waals surface area (Å²) in [5.41, 5.74) is 1.14. The highest BCUT2D eigenvalue weighted by atomic mass is 127. The van der Waals surface area contributed by atoms with E-state index in [1.165, 1.54) is 38.6 Å². The van der Waals surface area contributed by atoms with Crippen LogP contribution in [-0.2, 0) is 6.54 Å². The first-order valence-electron chi connectivity index (χ1n) is 9.13. The van der Waals surface area contributed by atoms with E-state index in [-0.39, 0.29) is 24.0 Å². The van der Waals surface area contributed by atoms with Crippen LogP contribution in [0.4, 0.5) is 0 Å². The molecular weight excluding hydrogens is 427 g/mol. The van der Waals surface area contributed by atoms with Gasteiger partial charge in [0.25, 0.3) is 0 Å². The molecule has 0 aromatic heterocycles. The van der Waals surface area contributed by atoms with Crippen LogP contribution in [0.3, 0.4) is 0 Å². The molecule has 2 N–H and O–H groups in total. The van der Waals surface area contributed by atoms with E-state index in [4.69, 9.17) is 4.74 Å². The Morgan fingerprint density at radius 2 is 2.00 bits per heavy atom. The van der Waals surface area contributed by atoms with Gasteiger partial charge in [-0.15, -0.1) is 24.0 Å². The molecule has 0 radical (unpaired) electrons. The van der Waals surface area contributed by atoms with Crippen molar-refractivity contribution in [3.63, 3.8) is 0 Å². The molecule has 5 nitrogen and oxygen atoms in total. The van der Waals surface area contributed by atoms with Gasteiger partial charge in [-0.25, -0.2) is 0 Å². The lowest BCUT2D eigenvalue weighted by Crippen LogP contribution is -2.45. The van der Waals surface area contributed by atoms with Crippen molar-refractivity contribution >= 4 is 29.9 Å². The molecule has 1 unspecified atom stereocenters. The van der Waals surface area contributed by atoms with Crippen molar-refractivity contribution < 1.29 is 4.74 Å². The summed E-state index contributed by atoms with van der Waals surface area (Å²) in [5, 5.41) is 7.00. The smallest absolute Gasteiger partial charge is 0.191 e. The number of ether oxygens (including phenoxy) is 1. The number of benzene rings is 1. The number of likely N-dealkylation sites (tertiary alicyclic amines) is 1. The second-order valence-electron chi connectivity index (χ2n) is 6.80. The fraction of sp³-hybridized carbons (Fsp3) is 0.632. The summed E-state index contributed by atoms with van der Waals surface area (Å²) < 4.78 is 5.41. The Morgan fingerprint density at radius 1 is 1.24 bits per heavy atom. The summed E-state index contributed by atoms with van der Waals surface area (Å²) in [4.78, 5) is 7.04. The van der Waals surface area contributed by atoms with Crippen molar-refractivity contribution in [3.05, 3.63) is 29.8 Å². The Balaban J connectivity index is 0.00000225. The Labute approximate surface area is 168 Å². The largest absolute Gasteiger partial charge is 0.496 e. The van der Waals surface area contributed by atoms with Gasteiger partial charge in [0.05, 0.1) is 7.11 Å². The van der Waals surface area contributed by atoms with Gasteiger partial charge in [-0.2, -0.15) is 0 Å². The van der Waals surface area contributed by atoms with Crippen molar-refractivity contribution in [1.82, 2.24) is 15.5 Å². The zero-order chi connectivity index (χ0) is 16.8. The fourth-order valence-electron chi connectivity index (χ4n) is 3.92. The summed E-state index contributed by atoms with van der Waals surface area (Å²) in [6.07, 6.45) is 6.77. The minimum absolute atomic E-state index is 0. The second-order valence-corrected chi connectivity index (χ2v) is 6.80. The van der Waals surface area contributed by atoms with E-state index in [0.29, 0.717) is 12.6 Å². The van der Waals surface area contributed by atoms with Crippen molar-refractivity contribution in [2.75, 3.05) is 27.2 Å². The highest BCUT2D eigenvalue weighted by Gasteiger charge is 2.30. The Bertz CT molecular complexity index is 560. The molecule has 1 atom stereocenters. The van der Waals surface area contributed by atoms with E-state index in [0.717, 1.165) is 29.9 Å². The maximum Gasteiger partial charge on any atom is 0.191 e. The molecule has 25 heavy (non-hydrogen) atoms. The third kappa shape index (κ3) is 5.48. The van der Waals surface area contributed by atoms with E-state index in [9.17, 15) is 0 Å². The zero-order valence-corrected chi connectivity index (χ0v) is 17.7. The van der Waals surface area contributed by atoms with Crippen LogP contribution in [0.15, 0.2) is 29.3 Å². The highest BCUT2D eigenvalue weighted by Crippen LogP contribution is 2.26. The molecule has 0 spiro atoms. The Hall–Kier alpha value is -1.02. The summed E-state index contributed by atoms with van der Waals surface area (Å²) >= 11 is 0. The van der Waals surface area contributed by atoms with E-state index in [1.54, 1.807) is 7.11 Å². The Kier molecular flexibility index (Phi) is 8.29. The van der Waals surface area contributed by atoms with Crippen LogP contribution in [0, 0.1) is 0 Å². The highest BCUT2D eigenvalue weighted by molar-refractivity contribution is 14.0. The maximum absolute atomic E-state index is 5.41. The summed E-state index contributed by atoms with van der Waals surface area (Å²) in [6, 6.07) is 9.41. The SMILES string of the molecule is CN=C(NCc1ccccc1OC)NC1CCN(C2CCCC2)C1.I. The number of para-hydroxylation sites is 1. The van der Waals surface area contributed by atoms with Gasteiger partial charge in [-0.1, -0.05) is 31.0 Å². The van der Waals surface area contributed by atoms with Crippen LogP contribution in [0.2, 0.25) is 0 Å². The molecule has 0 bridgehead atoms. The first-order valence-corrected chi connectivity index (χ1v) is 9.13. The van der Waals surface area contributed by atoms with Crippen LogP contribution in [-0.4, -0.2) is 50.2 Å². The summed E-state index contributed by atoms with van der Waals surface area (Å²) in [6.45, 7) is 3.06. The van der Waals surface area contributed by atoms with Crippen LogP contribution >= 0.6 is 24.0 Å². The number of hydrogen-bond acceptors (Lipinski definition) is 3. The number of halogens is 1. The lowest BCUT2D eigenvalue weighted by Gasteiger charge is -2.24. The molecule has 140 valence electrons. The average molecular weight is 458 g/mol. The molecule has 1 aliphatic carbocycles. The lowest BCUT2D eigenvalue weighted by atomic mass is 10.2. The number of nitrogens with zero attached hydrogens (tertiary/aromatic N) is 2. The van der Waals surface area contributed by atoms with Gasteiger partial charge in [-0.3, -0.25) is 9.89 Å². The topological polar surface area (TPSA) is 48.9 Å². The van der Waals surface area contributed by atoms with Crippen LogP contribution in [0.25, 0.3) is 0 Å². The van der Waals surface area contributed by atoms with Crippen LogP contribution in [0.1, 0.15) is 37.7 Å². The standard InChI is InChI=1S/C19H30N4O.HI/c1-20-19(21-13-15-7-3-6-10-18(15)24-2)22-16-11-12-23(14-16)17-8-4-5-9-17;/h3,6-7,10,16-17H,4-5,8-9,11-14H2,1-2H3,(H2,20,21,22);1H. The molecule has 1 heterocycles. The molecule has 1 aromatic carbocycles. The number of nitrogens with one attached hydrogen (secondary N) is 2. The van der Waals surface area contributed by atoms with E-state index in [2.05, 4.69) is 26.6 Å². The quantitative estimate of drug-likeness (QED) is 0.405. The number of rotatable bonds is 5. The first-order chi connectivity index (χ1) is 11.8. The predicted octanol–water partition coefficient (Wildman–Crippen LogP) is 3.00. The number of methoxy groups -OCH3 is 1. The molecule has 2 aliphatic rings. The molecule has 6 heteroatoms. The molecule has 1 saturated heterocycles. The molecule has 1 aliphatic heterocycles. The maximum atomic E-state index is 5.41. The van der Waals surface area contributed by atoms with E-state index >= 15 is 0 Å². The van der Waals surface area contributed by atoms with Crippen molar-refractivity contribution in [2.45, 2.75) is 50.7 Å². The number of hydrogen-bond donors (Lipinski definition) is 2. The number of guanidine groups is 1. The second kappa shape index (κ2) is 10.2. The third-order valence-electron chi connectivity index (χ3n) is 5.26. The summed E-state index contributed by atoms with van der Waals surface area (Å²) in [5.74, 6) is 1.79. The van der Waals surface area contributed by atoms with Crippen LogP contribution < -0.4 is 15.4 Å². The van der Waals surface area contributed by atoms with Gasteiger partial charge in [-0.05, 0) is 25.3 Å². The predicted molar refractivity (Wildman–Crippen MR) is 114 cm³/mol. The fourth-order valence-corrected chi connectivity index (χ4v) is 3.92. The minimum atomic E-state index is 0. The van der Waals surface area contributed by atoms with Gasteiger partial charge in [0.15, 0.2) is 5.96 Å². The molecule has 3 rings (SSSR count). The normalized spacial score (nSPS) is 21.8. The van der Waals surface area contributed by atoms with E-state index < -0.39 is 0 Å². The molecular formula is C19H31IN4O. The summed E-state index contributed by atoms with van der Waals surface area (Å²) in [7, 11) is 3.54. The van der Waals surface area contributed by atoms with Crippen molar-refractivity contribution in [2.24, 2.45) is 4.99 Å². The average Bonchev–Trinajstić information content (AvgIpc) is 3.30. The molecule has 2 fully saturated rings. The Morgan fingerprint density at radius 3 is 2.72 bits per heavy atom. The monoisotopic (exact) mass is 458 g/mol. The number of aliphatic imine (C=N–C) groups is 1. The van der Waals surface area contributed by atoms with Crippen LogP contribution in [0.5, 0.6) is 5.75 Å². The van der Waals surface area contributed by atoms with Gasteiger partial charge in [0, 0.05) is 44.3 Å². The molecule has 0 amide bonds. The van der Waals surface area contributed by atoms with Gasteiger partial charge < -0.3 is 15.4 Å². The van der Waals surface area contributed by atoms with Gasteiger partial charge >= 0.3 is 0 Å². The lowest BCUT2D eigenvalue weighted by molar-refractivity contribution is 0.242. The minimum Gasteiger partial charge on any atom is -0.496 e. The van der Waals surface area contributed by atoms with Gasteiger partial charge in [0.1, 0.15) is 5.75 Å². The third-order valence-corrected chi connectivity index (χ3v) is 5.26. The van der Waals surface area contributed by atoms with E-state index in [1.807, 2.05) is 25.2 Å².